The standard InChI is InChI=1S/C20H34F2N4O2/c21-15-7-4-8-16(22)19(15)18-9-17(25-28-18)20(27)24-14-10-23-26(12-14)11-13-5-2-1-3-6-13/h13-19,23,25H,1-12H2,(H,24,27). The van der Waals surface area contributed by atoms with Crippen LogP contribution in [0.4, 0.5) is 8.78 Å². The smallest absolute Gasteiger partial charge is 0.239 e. The lowest BCUT2D eigenvalue weighted by Gasteiger charge is -2.32. The Morgan fingerprint density at radius 1 is 1.07 bits per heavy atom. The van der Waals surface area contributed by atoms with Gasteiger partial charge < -0.3 is 5.32 Å². The number of hydroxylamine groups is 1. The maximum Gasteiger partial charge on any atom is 0.239 e. The summed E-state index contributed by atoms with van der Waals surface area (Å²) < 4.78 is 28.4. The molecule has 1 amide bonds. The van der Waals surface area contributed by atoms with E-state index in [0.717, 1.165) is 25.6 Å². The van der Waals surface area contributed by atoms with E-state index in [1.807, 2.05) is 0 Å². The summed E-state index contributed by atoms with van der Waals surface area (Å²) in [6, 6.07) is -0.492. The third-order valence-corrected chi connectivity index (χ3v) is 6.92. The molecule has 0 aromatic carbocycles. The normalized spacial score (nSPS) is 40.6. The number of hydrazine groups is 1. The van der Waals surface area contributed by atoms with Crippen LogP contribution in [0, 0.1) is 11.8 Å². The Labute approximate surface area is 166 Å². The molecule has 2 saturated carbocycles. The minimum atomic E-state index is -1.19. The van der Waals surface area contributed by atoms with Crippen molar-refractivity contribution in [3.63, 3.8) is 0 Å². The summed E-state index contributed by atoms with van der Waals surface area (Å²) in [6.07, 6.45) is 5.31. The van der Waals surface area contributed by atoms with Gasteiger partial charge in [0.25, 0.3) is 0 Å². The maximum atomic E-state index is 14.2. The number of carbonyl (C=O) groups excluding carboxylic acids is 1. The molecule has 28 heavy (non-hydrogen) atoms. The van der Waals surface area contributed by atoms with Gasteiger partial charge in [0, 0.05) is 32.0 Å². The lowest BCUT2D eigenvalue weighted by atomic mass is 9.80. The van der Waals surface area contributed by atoms with Crippen LogP contribution in [0.5, 0.6) is 0 Å². The van der Waals surface area contributed by atoms with Crippen LogP contribution in [0.3, 0.4) is 0 Å². The van der Waals surface area contributed by atoms with Crippen molar-refractivity contribution in [2.24, 2.45) is 11.8 Å². The largest absolute Gasteiger partial charge is 0.349 e. The molecule has 2 aliphatic heterocycles. The van der Waals surface area contributed by atoms with Crippen molar-refractivity contribution in [3.05, 3.63) is 0 Å². The number of nitrogens with zero attached hydrogens (tertiary/aromatic N) is 1. The molecule has 5 atom stereocenters. The first-order valence-corrected chi connectivity index (χ1v) is 11.1. The summed E-state index contributed by atoms with van der Waals surface area (Å²) in [5.41, 5.74) is 6.11. The number of carbonyl (C=O) groups is 1. The number of nitrogens with one attached hydrogen (secondary N) is 3. The first-order chi connectivity index (χ1) is 13.6. The van der Waals surface area contributed by atoms with Crippen LogP contribution >= 0.6 is 0 Å². The van der Waals surface area contributed by atoms with E-state index in [1.54, 1.807) is 0 Å². The van der Waals surface area contributed by atoms with E-state index in [-0.39, 0.29) is 11.9 Å². The number of rotatable bonds is 5. The van der Waals surface area contributed by atoms with Crippen LogP contribution in [0.2, 0.25) is 0 Å². The predicted molar refractivity (Wildman–Crippen MR) is 102 cm³/mol. The van der Waals surface area contributed by atoms with Crippen molar-refractivity contribution in [1.82, 2.24) is 21.2 Å². The quantitative estimate of drug-likeness (QED) is 0.659. The molecule has 8 heteroatoms. The molecule has 4 fully saturated rings. The molecule has 160 valence electrons. The molecule has 0 aromatic heterocycles. The van der Waals surface area contributed by atoms with Crippen molar-refractivity contribution in [2.45, 2.75) is 88.3 Å². The van der Waals surface area contributed by atoms with E-state index >= 15 is 0 Å². The van der Waals surface area contributed by atoms with Gasteiger partial charge in [-0.3, -0.25) is 15.1 Å². The second kappa shape index (κ2) is 9.32. The Morgan fingerprint density at radius 3 is 2.57 bits per heavy atom. The highest BCUT2D eigenvalue weighted by Crippen LogP contribution is 2.36. The first-order valence-electron chi connectivity index (χ1n) is 11.1. The average molecular weight is 401 g/mol. The second-order valence-corrected chi connectivity index (χ2v) is 9.08. The molecule has 0 spiro atoms. The van der Waals surface area contributed by atoms with Crippen molar-refractivity contribution in [1.29, 1.82) is 0 Å². The van der Waals surface area contributed by atoms with Crippen LogP contribution in [0.25, 0.3) is 0 Å². The van der Waals surface area contributed by atoms with E-state index in [9.17, 15) is 13.6 Å². The number of hydrogen-bond donors (Lipinski definition) is 3. The molecule has 3 N–H and O–H groups in total. The fourth-order valence-corrected chi connectivity index (χ4v) is 5.33. The molecule has 4 rings (SSSR count). The fraction of sp³-hybridized carbons (Fsp3) is 0.950. The van der Waals surface area contributed by atoms with Gasteiger partial charge in [-0.05, 0) is 38.0 Å². The van der Waals surface area contributed by atoms with E-state index in [1.165, 1.54) is 32.1 Å². The summed E-state index contributed by atoms with van der Waals surface area (Å²) in [5, 5.41) is 5.29. The molecular weight excluding hydrogens is 366 g/mol. The molecule has 0 radical (unpaired) electrons. The molecule has 2 saturated heterocycles. The highest BCUT2D eigenvalue weighted by Gasteiger charge is 2.45. The summed E-state index contributed by atoms with van der Waals surface area (Å²) in [4.78, 5) is 18.0. The molecule has 6 nitrogen and oxygen atoms in total. The Hall–Kier alpha value is -0.830. The topological polar surface area (TPSA) is 65.6 Å². The van der Waals surface area contributed by atoms with Crippen molar-refractivity contribution in [2.75, 3.05) is 19.6 Å². The minimum Gasteiger partial charge on any atom is -0.349 e. The van der Waals surface area contributed by atoms with Gasteiger partial charge in [-0.15, -0.1) is 0 Å². The summed E-state index contributed by atoms with van der Waals surface area (Å²) in [6.45, 7) is 2.55. The SMILES string of the molecule is O=C(NC1CNN(CC2CCCCC2)C1)C1CC(C2C(F)CCCC2F)ON1. The van der Waals surface area contributed by atoms with Crippen LogP contribution in [0.15, 0.2) is 0 Å². The number of amides is 1. The van der Waals surface area contributed by atoms with Gasteiger partial charge >= 0.3 is 0 Å². The number of hydrogen-bond acceptors (Lipinski definition) is 5. The Kier molecular flexibility index (Phi) is 6.81. The zero-order valence-electron chi connectivity index (χ0n) is 16.5. The van der Waals surface area contributed by atoms with E-state index in [0.29, 0.717) is 25.7 Å². The van der Waals surface area contributed by atoms with Crippen molar-refractivity contribution < 1.29 is 18.4 Å². The lowest BCUT2D eigenvalue weighted by Crippen LogP contribution is -2.47. The fourth-order valence-electron chi connectivity index (χ4n) is 5.33. The zero-order valence-corrected chi connectivity index (χ0v) is 16.5. The monoisotopic (exact) mass is 400 g/mol. The highest BCUT2D eigenvalue weighted by atomic mass is 19.1. The highest BCUT2D eigenvalue weighted by molar-refractivity contribution is 5.82. The number of alkyl halides is 2. The van der Waals surface area contributed by atoms with E-state index < -0.39 is 30.4 Å². The van der Waals surface area contributed by atoms with E-state index in [2.05, 4.69) is 21.2 Å². The molecule has 5 unspecified atom stereocenters. The van der Waals surface area contributed by atoms with Crippen molar-refractivity contribution >= 4 is 5.91 Å². The Balaban J connectivity index is 1.21. The average Bonchev–Trinajstić information content (AvgIpc) is 3.32. The molecule has 0 aromatic rings. The van der Waals surface area contributed by atoms with Gasteiger partial charge in [-0.25, -0.2) is 13.8 Å². The van der Waals surface area contributed by atoms with Crippen LogP contribution in [-0.2, 0) is 9.63 Å². The summed E-state index contributed by atoms with van der Waals surface area (Å²) >= 11 is 0. The number of halogens is 2. The third-order valence-electron chi connectivity index (χ3n) is 6.92. The molecular formula is C20H34F2N4O2. The summed E-state index contributed by atoms with van der Waals surface area (Å²) in [5.74, 6) is -0.159. The summed E-state index contributed by atoms with van der Waals surface area (Å²) in [7, 11) is 0. The van der Waals surface area contributed by atoms with Crippen LogP contribution in [-0.4, -0.2) is 61.1 Å². The first kappa shape index (κ1) is 20.4. The van der Waals surface area contributed by atoms with Gasteiger partial charge in [-0.2, -0.15) is 5.48 Å². The van der Waals surface area contributed by atoms with E-state index in [4.69, 9.17) is 4.84 Å². The zero-order chi connectivity index (χ0) is 19.5. The maximum absolute atomic E-state index is 14.2. The lowest BCUT2D eigenvalue weighted by molar-refractivity contribution is -0.125. The predicted octanol–water partition coefficient (Wildman–Crippen LogP) is 2.01. The van der Waals surface area contributed by atoms with Gasteiger partial charge in [0.05, 0.1) is 12.1 Å². The van der Waals surface area contributed by atoms with Crippen LogP contribution in [0.1, 0.15) is 57.8 Å². The van der Waals surface area contributed by atoms with Gasteiger partial charge in [0.15, 0.2) is 0 Å². The minimum absolute atomic E-state index is 0.0504. The second-order valence-electron chi connectivity index (χ2n) is 9.08. The molecule has 2 heterocycles. The van der Waals surface area contributed by atoms with Gasteiger partial charge in [-0.1, -0.05) is 19.3 Å². The van der Waals surface area contributed by atoms with Crippen LogP contribution < -0.4 is 16.2 Å². The van der Waals surface area contributed by atoms with Crippen molar-refractivity contribution in [3.8, 4) is 0 Å². The Morgan fingerprint density at radius 2 is 1.82 bits per heavy atom. The Bertz CT molecular complexity index is 524. The van der Waals surface area contributed by atoms with Gasteiger partial charge in [0.2, 0.25) is 5.91 Å². The van der Waals surface area contributed by atoms with Gasteiger partial charge in [0.1, 0.15) is 18.4 Å². The molecule has 0 bridgehead atoms. The third kappa shape index (κ3) is 4.83. The molecule has 2 aliphatic carbocycles. The molecule has 4 aliphatic rings.